The van der Waals surface area contributed by atoms with E-state index in [1.807, 2.05) is 0 Å². The molecule has 1 nitrogen and oxygen atoms in total. The van der Waals surface area contributed by atoms with Crippen LogP contribution in [0.1, 0.15) is 13.3 Å². The Morgan fingerprint density at radius 2 is 2.29 bits per heavy atom. The summed E-state index contributed by atoms with van der Waals surface area (Å²) in [6.45, 7) is 3.07. The van der Waals surface area contributed by atoms with Crippen LogP contribution < -0.4 is 0 Å². The van der Waals surface area contributed by atoms with Gasteiger partial charge < -0.3 is 4.74 Å². The number of hydrogen-bond acceptors (Lipinski definition) is 1. The number of halogens is 1. The monoisotopic (exact) mass is 214 g/mol. The van der Waals surface area contributed by atoms with Gasteiger partial charge in [-0.15, -0.1) is 0 Å². The lowest BCUT2D eigenvalue weighted by Crippen LogP contribution is -1.95. The fourth-order valence-electron chi connectivity index (χ4n) is 0.280. The first-order valence-electron chi connectivity index (χ1n) is 2.40. The van der Waals surface area contributed by atoms with Crippen LogP contribution in [-0.4, -0.2) is 17.6 Å². The second kappa shape index (κ2) is 4.84. The molecule has 0 fully saturated rings. The summed E-state index contributed by atoms with van der Waals surface area (Å²) in [5, 5.41) is 0. The van der Waals surface area contributed by atoms with Crippen LogP contribution in [0.4, 0.5) is 0 Å². The SMILES string of the molecule is COCCC(C)I. The lowest BCUT2D eigenvalue weighted by Gasteiger charge is -1.98. The van der Waals surface area contributed by atoms with Gasteiger partial charge in [-0.2, -0.15) is 0 Å². The Morgan fingerprint density at radius 1 is 1.71 bits per heavy atom. The third-order valence-corrected chi connectivity index (χ3v) is 1.34. The predicted molar refractivity (Wildman–Crippen MR) is 40.0 cm³/mol. The average molecular weight is 214 g/mol. The summed E-state index contributed by atoms with van der Waals surface area (Å²) in [5.41, 5.74) is 0. The molecule has 2 heteroatoms. The van der Waals surface area contributed by atoms with Crippen molar-refractivity contribution in [2.75, 3.05) is 13.7 Å². The highest BCUT2D eigenvalue weighted by Gasteiger charge is 1.90. The zero-order chi connectivity index (χ0) is 5.70. The Kier molecular flexibility index (Phi) is 5.32. The summed E-state index contributed by atoms with van der Waals surface area (Å²) in [6, 6.07) is 0. The first-order valence-corrected chi connectivity index (χ1v) is 3.65. The molecule has 0 spiro atoms. The van der Waals surface area contributed by atoms with Crippen LogP contribution in [0.15, 0.2) is 0 Å². The van der Waals surface area contributed by atoms with Crippen molar-refractivity contribution in [1.29, 1.82) is 0 Å². The van der Waals surface area contributed by atoms with Gasteiger partial charge in [-0.3, -0.25) is 0 Å². The second-order valence-electron chi connectivity index (χ2n) is 1.56. The molecule has 0 aliphatic carbocycles. The number of methoxy groups -OCH3 is 1. The zero-order valence-corrected chi connectivity index (χ0v) is 6.94. The summed E-state index contributed by atoms with van der Waals surface area (Å²) >= 11 is 2.39. The molecule has 0 bridgehead atoms. The Labute approximate surface area is 58.6 Å². The van der Waals surface area contributed by atoms with E-state index in [0.29, 0.717) is 0 Å². The topological polar surface area (TPSA) is 9.23 Å². The lowest BCUT2D eigenvalue weighted by molar-refractivity contribution is 0.196. The lowest BCUT2D eigenvalue weighted by atomic mass is 10.4. The highest BCUT2D eigenvalue weighted by Crippen LogP contribution is 2.02. The maximum absolute atomic E-state index is 4.85. The van der Waals surface area contributed by atoms with Gasteiger partial charge in [-0.1, -0.05) is 29.5 Å². The van der Waals surface area contributed by atoms with E-state index >= 15 is 0 Å². The molecule has 0 saturated heterocycles. The molecule has 0 saturated carbocycles. The molecule has 0 aromatic rings. The standard InChI is InChI=1S/C5H11IO/c1-5(6)3-4-7-2/h5H,3-4H2,1-2H3. The van der Waals surface area contributed by atoms with Crippen LogP contribution in [0.5, 0.6) is 0 Å². The minimum absolute atomic E-state index is 0.748. The molecule has 0 N–H and O–H groups in total. The van der Waals surface area contributed by atoms with Crippen molar-refractivity contribution < 1.29 is 4.74 Å². The molecule has 7 heavy (non-hydrogen) atoms. The van der Waals surface area contributed by atoms with Crippen LogP contribution in [-0.2, 0) is 4.74 Å². The third kappa shape index (κ3) is 6.69. The van der Waals surface area contributed by atoms with Gasteiger partial charge in [-0.05, 0) is 6.42 Å². The quantitative estimate of drug-likeness (QED) is 0.514. The number of ether oxygens (including phenoxy) is 1. The molecule has 0 rings (SSSR count). The van der Waals surface area contributed by atoms with Gasteiger partial charge in [0.15, 0.2) is 0 Å². The first-order chi connectivity index (χ1) is 3.27. The highest BCUT2D eigenvalue weighted by atomic mass is 127. The van der Waals surface area contributed by atoms with Crippen LogP contribution in [0.25, 0.3) is 0 Å². The van der Waals surface area contributed by atoms with Crippen molar-refractivity contribution >= 4 is 22.6 Å². The normalized spacial score (nSPS) is 14.1. The summed E-state index contributed by atoms with van der Waals surface area (Å²) in [5.74, 6) is 0. The number of hydrogen-bond donors (Lipinski definition) is 0. The van der Waals surface area contributed by atoms with Crippen LogP contribution >= 0.6 is 22.6 Å². The molecule has 0 aliphatic rings. The van der Waals surface area contributed by atoms with E-state index in [2.05, 4.69) is 29.5 Å². The second-order valence-corrected chi connectivity index (χ2v) is 3.69. The van der Waals surface area contributed by atoms with Crippen molar-refractivity contribution in [3.05, 3.63) is 0 Å². The first kappa shape index (κ1) is 7.69. The molecule has 0 amide bonds. The summed E-state index contributed by atoms with van der Waals surface area (Å²) in [6.07, 6.45) is 1.16. The van der Waals surface area contributed by atoms with Gasteiger partial charge in [-0.25, -0.2) is 0 Å². The Morgan fingerprint density at radius 3 is 2.43 bits per heavy atom. The van der Waals surface area contributed by atoms with Gasteiger partial charge in [0.25, 0.3) is 0 Å². The van der Waals surface area contributed by atoms with Crippen molar-refractivity contribution in [2.24, 2.45) is 0 Å². The van der Waals surface area contributed by atoms with E-state index in [1.165, 1.54) is 0 Å². The summed E-state index contributed by atoms with van der Waals surface area (Å²) < 4.78 is 5.60. The highest BCUT2D eigenvalue weighted by molar-refractivity contribution is 14.1. The number of alkyl halides is 1. The van der Waals surface area contributed by atoms with Crippen molar-refractivity contribution in [2.45, 2.75) is 17.3 Å². The molecular weight excluding hydrogens is 203 g/mol. The van der Waals surface area contributed by atoms with Crippen molar-refractivity contribution in [3.8, 4) is 0 Å². The number of rotatable bonds is 3. The van der Waals surface area contributed by atoms with E-state index in [-0.39, 0.29) is 0 Å². The van der Waals surface area contributed by atoms with Gasteiger partial charge >= 0.3 is 0 Å². The average Bonchev–Trinajstić information content (AvgIpc) is 1.61. The maximum atomic E-state index is 4.85. The molecule has 0 aromatic heterocycles. The largest absolute Gasteiger partial charge is 0.385 e. The van der Waals surface area contributed by atoms with Crippen LogP contribution in [0.3, 0.4) is 0 Å². The van der Waals surface area contributed by atoms with Gasteiger partial charge in [0.05, 0.1) is 0 Å². The van der Waals surface area contributed by atoms with E-state index < -0.39 is 0 Å². The van der Waals surface area contributed by atoms with E-state index in [0.717, 1.165) is 17.0 Å². The van der Waals surface area contributed by atoms with Crippen LogP contribution in [0.2, 0.25) is 0 Å². The van der Waals surface area contributed by atoms with Gasteiger partial charge in [0.1, 0.15) is 0 Å². The molecule has 44 valence electrons. The van der Waals surface area contributed by atoms with Gasteiger partial charge in [0.2, 0.25) is 0 Å². The fraction of sp³-hybridized carbons (Fsp3) is 1.00. The maximum Gasteiger partial charge on any atom is 0.0472 e. The Balaban J connectivity index is 2.68. The third-order valence-electron chi connectivity index (χ3n) is 0.720. The molecule has 1 unspecified atom stereocenters. The molecule has 1 atom stereocenters. The predicted octanol–water partition coefficient (Wildman–Crippen LogP) is 1.85. The molecule has 0 aromatic carbocycles. The zero-order valence-electron chi connectivity index (χ0n) is 4.78. The van der Waals surface area contributed by atoms with Crippen molar-refractivity contribution in [3.63, 3.8) is 0 Å². The van der Waals surface area contributed by atoms with E-state index in [9.17, 15) is 0 Å². The summed E-state index contributed by atoms with van der Waals surface area (Å²) in [7, 11) is 1.74. The minimum atomic E-state index is 0.748. The smallest absolute Gasteiger partial charge is 0.0472 e. The minimum Gasteiger partial charge on any atom is -0.385 e. The molecule has 0 radical (unpaired) electrons. The molecule has 0 heterocycles. The van der Waals surface area contributed by atoms with E-state index in [1.54, 1.807) is 7.11 Å². The fourth-order valence-corrected chi connectivity index (χ4v) is 0.535. The summed E-state index contributed by atoms with van der Waals surface area (Å²) in [4.78, 5) is 0. The Bertz CT molecular complexity index is 37.1. The van der Waals surface area contributed by atoms with Crippen molar-refractivity contribution in [1.82, 2.24) is 0 Å². The van der Waals surface area contributed by atoms with Gasteiger partial charge in [0, 0.05) is 17.6 Å². The van der Waals surface area contributed by atoms with E-state index in [4.69, 9.17) is 4.74 Å². The van der Waals surface area contributed by atoms with Crippen LogP contribution in [0, 0.1) is 0 Å². The Hall–Kier alpha value is 0.690. The molecular formula is C5H11IO. The molecule has 0 aliphatic heterocycles.